The number of nitrogens with one attached hydrogen (secondary N) is 5. The Bertz CT molecular complexity index is 6590. The Balaban J connectivity index is 0.000000195. The quantitative estimate of drug-likeness (QED) is 0.00723. The maximum Gasteiger partial charge on any atom is 0.338 e. The predicted octanol–water partition coefficient (Wildman–Crippen LogP) is 19.6. The standard InChI is InChI=1S/C33H39N5O5.C31H35N5O5.C16H21N3O2.C16H20N2O2.C9H12N2O2.C7H11NO.CH4/c1-5-42-31(39)23-10-12-24(13-11-23)38-30(22-29(36-38)33(2,3)4)35-32(40)34-27-14-15-28(26-9-7-6-8-25(26)27)43-21-18-37-16-19-41-20-17-37;1-31(2,3)27-20-28(36(34-27)22-10-8-21(9-11-22)29(37)38)33-30(39)32-25-12-13-26(24-7-5-4-6-23(24)25)41-19-16-35-14-17-40-18-15-35;1-5-21-15(20)11-6-8-12(9-7-11)19-14(17)10-13(18-19)16(2,3)4;17-15-5-6-16(14-4-2-1-3-13(14)15)20-12-9-18-7-10-19-11-8-18;1-2-13-9(12)7-3-5-8(11-10)6-4-7;1-7(2,3)6(9)4-5-8;/h6-15,22H,5,16-21H2,1-4H3,(H2,34,35,40);4-13,20H,14-19H2,1-3H3,(H,37,38)(H2,32,33,39);6-10H,5,17H2,1-4H3;1-6H,7-12,17H2;3-6,11H,2,10H2,1H3;4H2,1-3H3;1H4. The van der Waals surface area contributed by atoms with Crippen LogP contribution in [-0.4, -0.2) is 229 Å². The van der Waals surface area contributed by atoms with Gasteiger partial charge in [0.2, 0.25) is 0 Å². The Morgan fingerprint density at radius 1 is 0.399 bits per heavy atom. The highest BCUT2D eigenvalue weighted by molar-refractivity contribution is 6.09. The number of rotatable bonds is 28. The Labute approximate surface area is 865 Å². The molecule has 0 radical (unpaired) electrons. The first kappa shape index (κ1) is 115. The molecule has 35 heteroatoms. The van der Waals surface area contributed by atoms with Crippen molar-refractivity contribution in [2.24, 2.45) is 11.3 Å². The van der Waals surface area contributed by atoms with E-state index in [1.165, 1.54) is 12.1 Å². The van der Waals surface area contributed by atoms with Crippen LogP contribution in [0.1, 0.15) is 176 Å². The van der Waals surface area contributed by atoms with Crippen LogP contribution >= 0.6 is 0 Å². The van der Waals surface area contributed by atoms with E-state index in [0.29, 0.717) is 96.5 Å². The molecule has 3 aromatic heterocycles. The third kappa shape index (κ3) is 33.4. The third-order valence-corrected chi connectivity index (χ3v) is 23.7. The van der Waals surface area contributed by atoms with Crippen molar-refractivity contribution in [3.05, 3.63) is 264 Å². The Morgan fingerprint density at radius 3 is 1.03 bits per heavy atom. The molecule has 786 valence electrons. The molecule has 16 rings (SSSR count). The average molecular weight is 2020 g/mol. The first-order chi connectivity index (χ1) is 70.3. The molecule has 12 N–H and O–H groups in total. The maximum absolute atomic E-state index is 13.3. The van der Waals surface area contributed by atoms with Crippen LogP contribution in [0.25, 0.3) is 49.4 Å². The molecular weight excluding hydrogens is 1880 g/mol. The van der Waals surface area contributed by atoms with Gasteiger partial charge in [-0.2, -0.15) is 20.6 Å². The number of carboxylic acids is 1. The number of aromatic nitrogens is 6. The van der Waals surface area contributed by atoms with Gasteiger partial charge in [0.05, 0.1) is 140 Å². The zero-order chi connectivity index (χ0) is 106. The van der Waals surface area contributed by atoms with Gasteiger partial charge in [-0.15, -0.1) is 0 Å². The van der Waals surface area contributed by atoms with Gasteiger partial charge in [-0.3, -0.25) is 36.0 Å². The lowest BCUT2D eigenvalue weighted by atomic mass is 9.89. The van der Waals surface area contributed by atoms with Gasteiger partial charge in [0.15, 0.2) is 5.78 Å². The van der Waals surface area contributed by atoms with Gasteiger partial charge in [0.1, 0.15) is 54.5 Å². The number of urea groups is 2. The Hall–Kier alpha value is -15.3. The Kier molecular flexibility index (Phi) is 42.4. The minimum absolute atomic E-state index is 0. The molecule has 0 atom stereocenters. The number of nitriles is 1. The maximum atomic E-state index is 13.3. The monoisotopic (exact) mass is 2020 g/mol. The predicted molar refractivity (Wildman–Crippen MR) is 582 cm³/mol. The summed E-state index contributed by atoms with van der Waals surface area (Å²) in [5, 5.41) is 49.0. The van der Waals surface area contributed by atoms with Gasteiger partial charge in [-0.25, -0.2) is 42.8 Å². The molecule has 10 aromatic carbocycles. The lowest BCUT2D eigenvalue weighted by molar-refractivity contribution is -0.125. The number of hydrogen-bond donors (Lipinski definition) is 9. The van der Waals surface area contributed by atoms with Gasteiger partial charge in [-0.1, -0.05) is 163 Å². The van der Waals surface area contributed by atoms with Crippen molar-refractivity contribution in [1.82, 2.24) is 44.0 Å². The first-order valence-electron chi connectivity index (χ1n) is 49.2. The zero-order valence-electron chi connectivity index (χ0n) is 86.6. The number of benzene rings is 10. The fourth-order valence-electron chi connectivity index (χ4n) is 15.2. The molecule has 0 saturated carbocycles. The van der Waals surface area contributed by atoms with Gasteiger partial charge >= 0.3 is 35.9 Å². The van der Waals surface area contributed by atoms with Crippen molar-refractivity contribution >= 4 is 114 Å². The van der Waals surface area contributed by atoms with Crippen molar-refractivity contribution in [3.63, 3.8) is 0 Å². The summed E-state index contributed by atoms with van der Waals surface area (Å²) in [6.45, 7) is 45.0. The van der Waals surface area contributed by atoms with Gasteiger partial charge in [0, 0.05) is 142 Å². The van der Waals surface area contributed by atoms with Crippen LogP contribution < -0.4 is 58.2 Å². The van der Waals surface area contributed by atoms with E-state index in [9.17, 15) is 38.7 Å². The first-order valence-corrected chi connectivity index (χ1v) is 49.2. The molecule has 3 fully saturated rings. The summed E-state index contributed by atoms with van der Waals surface area (Å²) in [6, 6.07) is 68.7. The number of nitrogen functional groups attached to an aromatic ring is 3. The number of esters is 3. The zero-order valence-corrected chi connectivity index (χ0v) is 86.6. The van der Waals surface area contributed by atoms with E-state index >= 15 is 0 Å². The van der Waals surface area contributed by atoms with Crippen LogP contribution in [-0.2, 0) is 49.5 Å². The van der Waals surface area contributed by atoms with E-state index in [-0.39, 0.29) is 64.8 Å². The van der Waals surface area contributed by atoms with Crippen LogP contribution in [0.2, 0.25) is 0 Å². The number of aromatic carboxylic acids is 1. The van der Waals surface area contributed by atoms with Crippen LogP contribution in [0.15, 0.2) is 224 Å². The highest BCUT2D eigenvalue weighted by Crippen LogP contribution is 2.37. The average Bonchev–Trinajstić information content (AvgIpc) is 1.76. The second kappa shape index (κ2) is 54.8. The highest BCUT2D eigenvalue weighted by atomic mass is 16.5. The van der Waals surface area contributed by atoms with Gasteiger partial charge < -0.3 is 75.3 Å². The SMILES string of the molecule is C.CC(C)(C)C(=O)CC#N.CC(C)(C)c1cc(NC(=O)Nc2ccc(OCCN3CCOCC3)c3ccccc23)n(-c2ccc(C(=O)O)cc2)n1.CCOC(=O)c1ccc(-n2nc(C(C)(C)C)cc2N)cc1.CCOC(=O)c1ccc(-n2nc(C(C)(C)C)cc2NC(=O)Nc2ccc(OCCN3CCOCC3)c3ccccc23)cc1.CCOC(=O)c1ccc(NN)cc1.Nc1ccc(OCCN2CCOCC2)c2ccccc12. The number of nitrogens with zero attached hydrogens (tertiary/aromatic N) is 10. The summed E-state index contributed by atoms with van der Waals surface area (Å²) >= 11 is 0. The van der Waals surface area contributed by atoms with E-state index < -0.39 is 18.0 Å². The number of nitrogens with two attached hydrogens (primary N) is 3. The molecule has 4 amide bonds. The summed E-state index contributed by atoms with van der Waals surface area (Å²) < 4.78 is 54.2. The van der Waals surface area contributed by atoms with Crippen molar-refractivity contribution < 1.29 is 81.3 Å². The summed E-state index contributed by atoms with van der Waals surface area (Å²) in [7, 11) is 0. The molecule has 3 aliphatic rings. The number of ether oxygens (including phenoxy) is 9. The lowest BCUT2D eigenvalue weighted by Crippen LogP contribution is -2.38. The van der Waals surface area contributed by atoms with Crippen LogP contribution in [0.5, 0.6) is 17.2 Å². The summed E-state index contributed by atoms with van der Waals surface area (Å²) in [5.41, 5.74) is 22.7. The van der Waals surface area contributed by atoms with E-state index in [4.69, 9.17) is 75.4 Å². The number of carboxylic acid groups (broad SMARTS) is 1. The molecule has 0 unspecified atom stereocenters. The number of morpholine rings is 3. The molecule has 0 bridgehead atoms. The van der Waals surface area contributed by atoms with E-state index in [0.717, 1.165) is 182 Å². The number of carbonyl (C=O) groups is 7. The number of Topliss-reactive ketones (excluding diaryl/α,β-unsaturated/α-hetero) is 1. The van der Waals surface area contributed by atoms with E-state index in [1.54, 1.807) is 108 Å². The molecule has 13 aromatic rings. The number of fused-ring (bicyclic) bond motifs is 3. The van der Waals surface area contributed by atoms with Crippen molar-refractivity contribution in [2.75, 3.05) is 176 Å². The van der Waals surface area contributed by atoms with Crippen molar-refractivity contribution in [2.45, 2.75) is 134 Å². The molecular formula is C113H142N18O17. The summed E-state index contributed by atoms with van der Waals surface area (Å²) in [6.07, 6.45) is 0.0312. The molecule has 0 spiro atoms. The smallest absolute Gasteiger partial charge is 0.338 e. The molecule has 0 aliphatic carbocycles. The molecule has 3 aliphatic heterocycles. The Morgan fingerprint density at radius 2 is 0.709 bits per heavy atom. The second-order valence-corrected chi connectivity index (χ2v) is 38.7. The number of hydrazine groups is 1. The number of anilines is 7. The number of carbonyl (C=O) groups excluding carboxylic acids is 6. The van der Waals surface area contributed by atoms with Crippen molar-refractivity contribution in [3.8, 4) is 40.4 Å². The topological polar surface area (TPSA) is 448 Å². The van der Waals surface area contributed by atoms with Crippen LogP contribution in [0.4, 0.5) is 49.8 Å². The summed E-state index contributed by atoms with van der Waals surface area (Å²) in [5.74, 6) is 7.11. The second-order valence-electron chi connectivity index (χ2n) is 38.7. The van der Waals surface area contributed by atoms with Gasteiger partial charge in [-0.05, 0) is 154 Å². The van der Waals surface area contributed by atoms with Crippen LogP contribution in [0, 0.1) is 16.7 Å². The lowest BCUT2D eigenvalue weighted by Gasteiger charge is -2.26. The van der Waals surface area contributed by atoms with Gasteiger partial charge in [0.25, 0.3) is 0 Å². The van der Waals surface area contributed by atoms with Crippen LogP contribution in [0.3, 0.4) is 0 Å². The highest BCUT2D eigenvalue weighted by Gasteiger charge is 2.28. The molecule has 35 nitrogen and oxygen atoms in total. The van der Waals surface area contributed by atoms with E-state index in [1.807, 2.05) is 181 Å². The summed E-state index contributed by atoms with van der Waals surface area (Å²) in [4.78, 5) is 90.7. The minimum atomic E-state index is -1.01. The van der Waals surface area contributed by atoms with Crippen molar-refractivity contribution in [1.29, 1.82) is 5.26 Å². The molecule has 148 heavy (non-hydrogen) atoms. The fraction of sp³-hybridized carbons (Fsp3) is 0.372. The third-order valence-electron chi connectivity index (χ3n) is 23.7. The number of hydrogen-bond acceptors (Lipinski definition) is 27. The molecule has 6 heterocycles. The minimum Gasteiger partial charge on any atom is -0.492 e. The number of amides is 4. The van der Waals surface area contributed by atoms with E-state index in [2.05, 4.69) is 94.1 Å². The fourth-order valence-corrected chi connectivity index (χ4v) is 15.2. The normalized spacial score (nSPS) is 13.3. The largest absolute Gasteiger partial charge is 0.492 e. The molecule has 3 saturated heterocycles. The number of ketones is 1.